The largest absolute Gasteiger partial charge is 0.481 e. The van der Waals surface area contributed by atoms with E-state index in [1.807, 2.05) is 0 Å². The number of aliphatic carboxylic acids is 1. The molecule has 0 bridgehead atoms. The lowest BCUT2D eigenvalue weighted by molar-refractivity contribution is -0.139. The topological polar surface area (TPSA) is 95.5 Å². The van der Waals surface area contributed by atoms with Crippen LogP contribution in [0.4, 0.5) is 0 Å². The van der Waals surface area contributed by atoms with Crippen LogP contribution in [0.2, 0.25) is 0 Å². The average molecular weight is 248 g/mol. The Bertz CT molecular complexity index is 388. The molecule has 3 N–H and O–H groups in total. The summed E-state index contributed by atoms with van der Waals surface area (Å²) in [4.78, 5) is 10.7. The molecule has 0 aliphatic carbocycles. The zero-order valence-electron chi connectivity index (χ0n) is 8.90. The minimum absolute atomic E-state index is 0.0382. The maximum Gasteiger partial charge on any atom is 0.305 e. The Morgan fingerprint density at radius 1 is 1.50 bits per heavy atom. The van der Waals surface area contributed by atoms with Crippen LogP contribution in [0.15, 0.2) is 0 Å². The summed E-state index contributed by atoms with van der Waals surface area (Å²) in [6.45, 7) is 1.19. The Balaban J connectivity index is 1.95. The highest BCUT2D eigenvalue weighted by molar-refractivity contribution is 7.91. The molecule has 6 nitrogen and oxygen atoms in total. The predicted octanol–water partition coefficient (Wildman–Crippen LogP) is -1.42. The maximum absolute atomic E-state index is 11.3. The first-order valence-electron chi connectivity index (χ1n) is 5.31. The second-order valence-corrected chi connectivity index (χ2v) is 6.93. The molecular formula is C9H16N2O4S. The highest BCUT2D eigenvalue weighted by Gasteiger charge is 2.42. The van der Waals surface area contributed by atoms with Crippen LogP contribution in [0.3, 0.4) is 0 Å². The van der Waals surface area contributed by atoms with Gasteiger partial charge in [0.2, 0.25) is 0 Å². The number of carbonyl (C=O) groups is 1. The normalized spacial score (nSPS) is 30.9. The molecule has 2 rings (SSSR count). The van der Waals surface area contributed by atoms with E-state index < -0.39 is 21.3 Å². The summed E-state index contributed by atoms with van der Waals surface area (Å²) in [5.41, 5.74) is -0.448. The van der Waals surface area contributed by atoms with Crippen molar-refractivity contribution in [2.45, 2.75) is 24.4 Å². The van der Waals surface area contributed by atoms with E-state index in [-0.39, 0.29) is 24.0 Å². The third-order valence-electron chi connectivity index (χ3n) is 3.16. The quantitative estimate of drug-likeness (QED) is 0.565. The number of nitrogens with one attached hydrogen (secondary N) is 2. The highest BCUT2D eigenvalue weighted by Crippen LogP contribution is 2.21. The monoisotopic (exact) mass is 248 g/mol. The van der Waals surface area contributed by atoms with Gasteiger partial charge in [-0.2, -0.15) is 0 Å². The van der Waals surface area contributed by atoms with Crippen molar-refractivity contribution in [2.24, 2.45) is 0 Å². The van der Waals surface area contributed by atoms with Crippen molar-refractivity contribution >= 4 is 15.8 Å². The van der Waals surface area contributed by atoms with Gasteiger partial charge in [0.25, 0.3) is 0 Å². The average Bonchev–Trinajstić information content (AvgIpc) is 2.40. The van der Waals surface area contributed by atoms with Crippen molar-refractivity contribution in [1.29, 1.82) is 0 Å². The third kappa shape index (κ3) is 2.53. The van der Waals surface area contributed by atoms with Crippen LogP contribution < -0.4 is 10.6 Å². The van der Waals surface area contributed by atoms with E-state index in [0.29, 0.717) is 19.5 Å². The molecule has 0 aromatic carbocycles. The molecule has 2 aliphatic rings. The Hall–Kier alpha value is -0.660. The zero-order valence-corrected chi connectivity index (χ0v) is 9.72. The second-order valence-electron chi connectivity index (χ2n) is 4.70. The summed E-state index contributed by atoms with van der Waals surface area (Å²) in [5, 5.41) is 15.0. The van der Waals surface area contributed by atoms with Gasteiger partial charge in [0.15, 0.2) is 9.84 Å². The summed E-state index contributed by atoms with van der Waals surface area (Å²) in [6.07, 6.45) is 0.625. The van der Waals surface area contributed by atoms with Crippen LogP contribution in [0.25, 0.3) is 0 Å². The molecule has 7 heteroatoms. The van der Waals surface area contributed by atoms with Crippen LogP contribution in [0, 0.1) is 0 Å². The Morgan fingerprint density at radius 2 is 2.19 bits per heavy atom. The summed E-state index contributed by atoms with van der Waals surface area (Å²) >= 11 is 0. The lowest BCUT2D eigenvalue weighted by Crippen LogP contribution is -2.70. The van der Waals surface area contributed by atoms with Crippen molar-refractivity contribution in [3.8, 4) is 0 Å². The van der Waals surface area contributed by atoms with Gasteiger partial charge in [-0.3, -0.25) is 4.79 Å². The number of carboxylic acids is 1. The van der Waals surface area contributed by atoms with Gasteiger partial charge >= 0.3 is 5.97 Å². The van der Waals surface area contributed by atoms with Gasteiger partial charge < -0.3 is 15.7 Å². The number of carboxylic acid groups (broad SMARTS) is 1. The Morgan fingerprint density at radius 3 is 2.56 bits per heavy atom. The molecule has 0 spiro atoms. The molecule has 1 atom stereocenters. The fraction of sp³-hybridized carbons (Fsp3) is 0.889. The molecule has 1 unspecified atom stereocenters. The lowest BCUT2D eigenvalue weighted by Gasteiger charge is -2.44. The molecule has 0 radical (unpaired) electrons. The molecule has 2 aliphatic heterocycles. The van der Waals surface area contributed by atoms with E-state index in [0.717, 1.165) is 0 Å². The first-order chi connectivity index (χ1) is 7.41. The fourth-order valence-electron chi connectivity index (χ4n) is 2.34. The summed E-state index contributed by atoms with van der Waals surface area (Å²) < 4.78 is 22.6. The summed E-state index contributed by atoms with van der Waals surface area (Å²) in [7, 11) is -2.91. The molecule has 0 aromatic rings. The number of rotatable bonds is 4. The first-order valence-corrected chi connectivity index (χ1v) is 7.14. The first kappa shape index (κ1) is 11.8. The number of hydrogen-bond acceptors (Lipinski definition) is 5. The predicted molar refractivity (Wildman–Crippen MR) is 58.0 cm³/mol. The molecule has 2 heterocycles. The molecular weight excluding hydrogens is 232 g/mol. The number of sulfone groups is 1. The van der Waals surface area contributed by atoms with Gasteiger partial charge in [-0.25, -0.2) is 8.42 Å². The molecule has 0 aromatic heterocycles. The molecule has 16 heavy (non-hydrogen) atoms. The standard InChI is InChI=1S/C9H16N2O4S/c12-8(13)3-9(5-10-6-9)11-7-1-2-16(14,15)4-7/h7,10-11H,1-6H2,(H,12,13). The number of hydrogen-bond donors (Lipinski definition) is 3. The van der Waals surface area contributed by atoms with Crippen molar-refractivity contribution in [2.75, 3.05) is 24.6 Å². The van der Waals surface area contributed by atoms with Crippen molar-refractivity contribution in [3.63, 3.8) is 0 Å². The SMILES string of the molecule is O=C(O)CC1(NC2CCS(=O)(=O)C2)CNC1. The highest BCUT2D eigenvalue weighted by atomic mass is 32.2. The third-order valence-corrected chi connectivity index (χ3v) is 4.93. The summed E-state index contributed by atoms with van der Waals surface area (Å²) in [6, 6.07) is -0.0913. The smallest absolute Gasteiger partial charge is 0.305 e. The van der Waals surface area contributed by atoms with Gasteiger partial charge in [-0.05, 0) is 6.42 Å². The minimum Gasteiger partial charge on any atom is -0.481 e. The van der Waals surface area contributed by atoms with Gasteiger partial charge in [0.1, 0.15) is 0 Å². The van der Waals surface area contributed by atoms with E-state index in [1.54, 1.807) is 0 Å². The Labute approximate surface area is 94.3 Å². The molecule has 2 fully saturated rings. The minimum atomic E-state index is -2.91. The molecule has 92 valence electrons. The van der Waals surface area contributed by atoms with Gasteiger partial charge in [-0.1, -0.05) is 0 Å². The fourth-order valence-corrected chi connectivity index (χ4v) is 4.01. The molecule has 0 saturated carbocycles. The van der Waals surface area contributed by atoms with Crippen molar-refractivity contribution in [1.82, 2.24) is 10.6 Å². The molecule has 2 saturated heterocycles. The van der Waals surface area contributed by atoms with Gasteiger partial charge in [-0.15, -0.1) is 0 Å². The Kier molecular flexibility index (Phi) is 2.93. The van der Waals surface area contributed by atoms with Crippen LogP contribution in [0.1, 0.15) is 12.8 Å². The van der Waals surface area contributed by atoms with Gasteiger partial charge in [0, 0.05) is 19.1 Å². The second kappa shape index (κ2) is 3.97. The van der Waals surface area contributed by atoms with Crippen LogP contribution in [-0.2, 0) is 14.6 Å². The maximum atomic E-state index is 11.3. The van der Waals surface area contributed by atoms with E-state index in [2.05, 4.69) is 10.6 Å². The van der Waals surface area contributed by atoms with Crippen LogP contribution in [-0.4, -0.2) is 55.7 Å². The summed E-state index contributed by atoms with van der Waals surface area (Å²) in [5.74, 6) is -0.509. The zero-order chi connectivity index (χ0) is 11.8. The van der Waals surface area contributed by atoms with Crippen LogP contribution in [0.5, 0.6) is 0 Å². The van der Waals surface area contributed by atoms with Crippen LogP contribution >= 0.6 is 0 Å². The van der Waals surface area contributed by atoms with Crippen molar-refractivity contribution < 1.29 is 18.3 Å². The lowest BCUT2D eigenvalue weighted by atomic mass is 9.87. The van der Waals surface area contributed by atoms with Gasteiger partial charge in [0.05, 0.1) is 23.5 Å². The molecule has 0 amide bonds. The van der Waals surface area contributed by atoms with E-state index in [4.69, 9.17) is 5.11 Å². The van der Waals surface area contributed by atoms with E-state index in [1.165, 1.54) is 0 Å². The van der Waals surface area contributed by atoms with Crippen molar-refractivity contribution in [3.05, 3.63) is 0 Å². The van der Waals surface area contributed by atoms with E-state index in [9.17, 15) is 13.2 Å². The van der Waals surface area contributed by atoms with E-state index >= 15 is 0 Å².